The summed E-state index contributed by atoms with van der Waals surface area (Å²) in [5, 5.41) is 2.59. The monoisotopic (exact) mass is 351 g/mol. The van der Waals surface area contributed by atoms with E-state index >= 15 is 0 Å². The van der Waals surface area contributed by atoms with Gasteiger partial charge in [-0.3, -0.25) is 0 Å². The van der Waals surface area contributed by atoms with Gasteiger partial charge in [0, 0.05) is 13.2 Å². The van der Waals surface area contributed by atoms with Crippen molar-refractivity contribution in [2.45, 2.75) is 26.9 Å². The molecule has 0 aromatic rings. The Morgan fingerprint density at radius 3 is 1.96 bits per heavy atom. The molecule has 0 aliphatic carbocycles. The number of hydrogen-bond acceptors (Lipinski definition) is 7. The first-order chi connectivity index (χ1) is 11.7. The lowest BCUT2D eigenvalue weighted by molar-refractivity contribution is 0.00689. The van der Waals surface area contributed by atoms with Crippen LogP contribution in [0.4, 0.5) is 4.79 Å². The summed E-state index contributed by atoms with van der Waals surface area (Å²) >= 11 is 0. The lowest BCUT2D eigenvalue weighted by Crippen LogP contribution is -2.29. The van der Waals surface area contributed by atoms with Crippen molar-refractivity contribution in [3.63, 3.8) is 0 Å². The third-order valence-corrected chi connectivity index (χ3v) is 2.60. The van der Waals surface area contributed by atoms with Crippen LogP contribution in [0.1, 0.15) is 20.8 Å². The van der Waals surface area contributed by atoms with E-state index in [1.165, 1.54) is 0 Å². The highest BCUT2D eigenvalue weighted by Crippen LogP contribution is 1.87. The van der Waals surface area contributed by atoms with Gasteiger partial charge in [-0.15, -0.1) is 0 Å². The molecule has 1 amide bonds. The number of amides is 1. The molecule has 0 aromatic heterocycles. The molecule has 0 aliphatic rings. The second-order valence-electron chi connectivity index (χ2n) is 5.02. The molecular formula is C16H33NO7. The van der Waals surface area contributed by atoms with Crippen molar-refractivity contribution in [3.8, 4) is 0 Å². The van der Waals surface area contributed by atoms with Crippen molar-refractivity contribution < 1.29 is 33.2 Å². The summed E-state index contributed by atoms with van der Waals surface area (Å²) in [6.45, 7) is 11.1. The van der Waals surface area contributed by atoms with Crippen molar-refractivity contribution in [2.75, 3.05) is 72.6 Å². The van der Waals surface area contributed by atoms with Gasteiger partial charge in [0.2, 0.25) is 0 Å². The van der Waals surface area contributed by atoms with Crippen LogP contribution in [0.25, 0.3) is 0 Å². The molecule has 0 saturated carbocycles. The van der Waals surface area contributed by atoms with Gasteiger partial charge in [-0.1, -0.05) is 0 Å². The van der Waals surface area contributed by atoms with Crippen molar-refractivity contribution in [1.82, 2.24) is 5.32 Å². The number of carbonyl (C=O) groups excluding carboxylic acids is 1. The smallest absolute Gasteiger partial charge is 0.407 e. The third kappa shape index (κ3) is 19.1. The van der Waals surface area contributed by atoms with Crippen molar-refractivity contribution in [2.24, 2.45) is 0 Å². The Morgan fingerprint density at radius 2 is 1.33 bits per heavy atom. The molecule has 0 spiro atoms. The zero-order valence-corrected chi connectivity index (χ0v) is 15.2. The van der Waals surface area contributed by atoms with Gasteiger partial charge in [-0.25, -0.2) is 4.79 Å². The van der Waals surface area contributed by atoms with Crippen molar-refractivity contribution in [3.05, 3.63) is 0 Å². The Morgan fingerprint density at radius 1 is 0.792 bits per heavy atom. The van der Waals surface area contributed by atoms with Crippen LogP contribution < -0.4 is 5.32 Å². The minimum Gasteiger partial charge on any atom is -0.447 e. The van der Waals surface area contributed by atoms with E-state index in [4.69, 9.17) is 28.4 Å². The molecular weight excluding hydrogens is 318 g/mol. The molecule has 0 aliphatic heterocycles. The van der Waals surface area contributed by atoms with E-state index in [0.29, 0.717) is 66.0 Å². The van der Waals surface area contributed by atoms with Gasteiger partial charge in [0.25, 0.3) is 0 Å². The quantitative estimate of drug-likeness (QED) is 0.394. The number of hydrogen-bond donors (Lipinski definition) is 1. The first kappa shape index (κ1) is 23.1. The van der Waals surface area contributed by atoms with Crippen LogP contribution in [-0.4, -0.2) is 84.8 Å². The Labute approximate surface area is 145 Å². The number of nitrogens with one attached hydrogen (secondary N) is 1. The van der Waals surface area contributed by atoms with Gasteiger partial charge in [-0.2, -0.15) is 0 Å². The summed E-state index contributed by atoms with van der Waals surface area (Å²) in [5.41, 5.74) is 0. The highest BCUT2D eigenvalue weighted by atomic mass is 16.6. The molecule has 0 atom stereocenters. The van der Waals surface area contributed by atoms with E-state index in [1.54, 1.807) is 0 Å². The van der Waals surface area contributed by atoms with Gasteiger partial charge < -0.3 is 33.7 Å². The second-order valence-corrected chi connectivity index (χ2v) is 5.02. The summed E-state index contributed by atoms with van der Waals surface area (Å²) in [6, 6.07) is 0. The molecule has 0 rings (SSSR count). The highest BCUT2D eigenvalue weighted by molar-refractivity contribution is 5.66. The summed E-state index contributed by atoms with van der Waals surface area (Å²) < 4.78 is 31.2. The van der Waals surface area contributed by atoms with E-state index in [0.717, 1.165) is 0 Å². The zero-order chi connectivity index (χ0) is 17.9. The molecule has 0 heterocycles. The van der Waals surface area contributed by atoms with Crippen molar-refractivity contribution >= 4 is 6.09 Å². The molecule has 144 valence electrons. The fourth-order valence-electron chi connectivity index (χ4n) is 1.50. The van der Waals surface area contributed by atoms with Crippen LogP contribution in [0.5, 0.6) is 0 Å². The minimum atomic E-state index is -0.478. The van der Waals surface area contributed by atoms with Gasteiger partial charge in [0.05, 0.1) is 59.0 Å². The Bertz CT molecular complexity index is 277. The minimum absolute atomic E-state index is 0.200. The first-order valence-electron chi connectivity index (χ1n) is 8.50. The molecule has 0 fully saturated rings. The van der Waals surface area contributed by atoms with E-state index in [-0.39, 0.29) is 12.7 Å². The largest absolute Gasteiger partial charge is 0.447 e. The fraction of sp³-hybridized carbons (Fsp3) is 0.938. The highest BCUT2D eigenvalue weighted by Gasteiger charge is 2.01. The maximum absolute atomic E-state index is 11.3. The van der Waals surface area contributed by atoms with Crippen LogP contribution in [0.3, 0.4) is 0 Å². The Kier molecular flexibility index (Phi) is 17.7. The van der Waals surface area contributed by atoms with Crippen LogP contribution in [0.2, 0.25) is 0 Å². The average Bonchev–Trinajstić information content (AvgIpc) is 2.55. The summed E-state index contributed by atoms with van der Waals surface area (Å²) in [5.74, 6) is 0. The van der Waals surface area contributed by atoms with Gasteiger partial charge in [-0.05, 0) is 20.8 Å². The van der Waals surface area contributed by atoms with E-state index in [1.807, 2.05) is 20.8 Å². The number of carbonyl (C=O) groups is 1. The second kappa shape index (κ2) is 18.4. The van der Waals surface area contributed by atoms with Gasteiger partial charge >= 0.3 is 6.09 Å². The Hall–Kier alpha value is -0.930. The molecule has 0 bridgehead atoms. The van der Waals surface area contributed by atoms with E-state index < -0.39 is 6.09 Å². The van der Waals surface area contributed by atoms with Crippen LogP contribution in [0, 0.1) is 0 Å². The Balaban J connectivity index is 3.16. The molecule has 0 saturated heterocycles. The van der Waals surface area contributed by atoms with Gasteiger partial charge in [0.1, 0.15) is 6.61 Å². The van der Waals surface area contributed by atoms with E-state index in [2.05, 4.69) is 5.32 Å². The molecule has 0 aromatic carbocycles. The van der Waals surface area contributed by atoms with Crippen LogP contribution in [0.15, 0.2) is 0 Å². The lowest BCUT2D eigenvalue weighted by atomic mass is 10.5. The maximum atomic E-state index is 11.3. The van der Waals surface area contributed by atoms with Gasteiger partial charge in [0.15, 0.2) is 0 Å². The van der Waals surface area contributed by atoms with Crippen LogP contribution >= 0.6 is 0 Å². The van der Waals surface area contributed by atoms with Crippen molar-refractivity contribution in [1.29, 1.82) is 0 Å². The average molecular weight is 351 g/mol. The maximum Gasteiger partial charge on any atom is 0.407 e. The molecule has 8 heteroatoms. The molecule has 1 N–H and O–H groups in total. The third-order valence-electron chi connectivity index (χ3n) is 2.60. The SMILES string of the molecule is CCOCCOCCOCCOC(=O)NCCOCCOC(C)C. The van der Waals surface area contributed by atoms with E-state index in [9.17, 15) is 4.79 Å². The molecule has 8 nitrogen and oxygen atoms in total. The molecule has 24 heavy (non-hydrogen) atoms. The summed E-state index contributed by atoms with van der Waals surface area (Å²) in [4.78, 5) is 11.3. The number of ether oxygens (including phenoxy) is 6. The lowest BCUT2D eigenvalue weighted by Gasteiger charge is -2.09. The standard InChI is InChI=1S/C16H33NO7/c1-4-19-7-8-21-9-10-22-12-14-24-16(18)17-5-6-20-11-13-23-15(2)3/h15H,4-14H2,1-3H3,(H,17,18). The normalized spacial score (nSPS) is 11.0. The number of rotatable bonds is 17. The summed E-state index contributed by atoms with van der Waals surface area (Å²) in [6.07, 6.45) is -0.279. The zero-order valence-electron chi connectivity index (χ0n) is 15.2. The fourth-order valence-corrected chi connectivity index (χ4v) is 1.50. The predicted octanol–water partition coefficient (Wildman–Crippen LogP) is 1.22. The summed E-state index contributed by atoms with van der Waals surface area (Å²) in [7, 11) is 0. The van der Waals surface area contributed by atoms with Crippen LogP contribution in [-0.2, 0) is 28.4 Å². The molecule has 0 radical (unpaired) electrons. The molecule has 0 unspecified atom stereocenters. The topological polar surface area (TPSA) is 84.5 Å². The predicted molar refractivity (Wildman–Crippen MR) is 89.4 cm³/mol. The first-order valence-corrected chi connectivity index (χ1v) is 8.50. The number of alkyl carbamates (subject to hydrolysis) is 1.